The Balaban J connectivity index is 2.10. The van der Waals surface area contributed by atoms with Crippen molar-refractivity contribution >= 4 is 11.6 Å². The van der Waals surface area contributed by atoms with Crippen LogP contribution in [0.25, 0.3) is 0 Å². The maximum Gasteiger partial charge on any atom is 0.165 e. The second-order valence-corrected chi connectivity index (χ2v) is 4.19. The maximum absolute atomic E-state index is 13.5. The van der Waals surface area contributed by atoms with Gasteiger partial charge in [0, 0.05) is 18.5 Å². The van der Waals surface area contributed by atoms with Gasteiger partial charge in [-0.15, -0.1) is 16.7 Å². The molecule has 0 N–H and O–H groups in total. The smallest absolute Gasteiger partial charge is 0.165 e. The largest absolute Gasteiger partial charge is 0.494 e. The SMILES string of the molecule is COc1ccc(Cn2cc(CCCl)nn2)cc1F. The van der Waals surface area contributed by atoms with Crippen LogP contribution in [0, 0.1) is 5.82 Å². The minimum absolute atomic E-state index is 0.236. The Bertz CT molecular complexity index is 530. The van der Waals surface area contributed by atoms with Crippen molar-refractivity contribution in [2.24, 2.45) is 0 Å². The standard InChI is InChI=1S/C12H13ClFN3O/c1-18-12-3-2-9(6-11(12)14)7-17-8-10(4-5-13)15-16-17/h2-3,6,8H,4-5,7H2,1H3. The van der Waals surface area contributed by atoms with Gasteiger partial charge in [0.05, 0.1) is 19.3 Å². The van der Waals surface area contributed by atoms with Crippen LogP contribution in [0.2, 0.25) is 0 Å². The van der Waals surface area contributed by atoms with E-state index >= 15 is 0 Å². The minimum atomic E-state index is -0.379. The van der Waals surface area contributed by atoms with Crippen LogP contribution in [0.15, 0.2) is 24.4 Å². The van der Waals surface area contributed by atoms with E-state index in [4.69, 9.17) is 16.3 Å². The van der Waals surface area contributed by atoms with Gasteiger partial charge in [0.2, 0.25) is 0 Å². The number of hydrogen-bond donors (Lipinski definition) is 0. The summed E-state index contributed by atoms with van der Waals surface area (Å²) in [7, 11) is 1.44. The van der Waals surface area contributed by atoms with E-state index in [1.54, 1.807) is 16.8 Å². The molecule has 6 heteroatoms. The molecule has 0 fully saturated rings. The van der Waals surface area contributed by atoms with Gasteiger partial charge in [0.1, 0.15) is 0 Å². The summed E-state index contributed by atoms with van der Waals surface area (Å²) in [4.78, 5) is 0. The fourth-order valence-corrected chi connectivity index (χ4v) is 1.82. The van der Waals surface area contributed by atoms with Crippen molar-refractivity contribution in [1.82, 2.24) is 15.0 Å². The highest BCUT2D eigenvalue weighted by Gasteiger charge is 2.05. The third-order valence-corrected chi connectivity index (χ3v) is 2.69. The maximum atomic E-state index is 13.5. The summed E-state index contributed by atoms with van der Waals surface area (Å²) >= 11 is 5.62. The molecule has 0 aliphatic rings. The van der Waals surface area contributed by atoms with E-state index < -0.39 is 0 Å². The Labute approximate surface area is 109 Å². The molecule has 0 unspecified atom stereocenters. The van der Waals surface area contributed by atoms with Crippen LogP contribution < -0.4 is 4.74 Å². The first-order valence-corrected chi connectivity index (χ1v) is 6.03. The molecule has 0 aliphatic heterocycles. The number of halogens is 2. The van der Waals surface area contributed by atoms with Crippen LogP contribution in [0.5, 0.6) is 5.75 Å². The summed E-state index contributed by atoms with van der Waals surface area (Å²) in [5, 5.41) is 7.92. The molecular weight excluding hydrogens is 257 g/mol. The predicted octanol–water partition coefficient (Wildman–Crippen LogP) is 2.26. The van der Waals surface area contributed by atoms with Crippen molar-refractivity contribution in [2.45, 2.75) is 13.0 Å². The van der Waals surface area contributed by atoms with Crippen LogP contribution in [0.4, 0.5) is 4.39 Å². The summed E-state index contributed by atoms with van der Waals surface area (Å²) in [6, 6.07) is 4.83. The van der Waals surface area contributed by atoms with Gasteiger partial charge in [-0.05, 0) is 17.7 Å². The van der Waals surface area contributed by atoms with Gasteiger partial charge in [-0.3, -0.25) is 0 Å². The zero-order valence-corrected chi connectivity index (χ0v) is 10.7. The van der Waals surface area contributed by atoms with Gasteiger partial charge in [-0.2, -0.15) is 0 Å². The van der Waals surface area contributed by atoms with Gasteiger partial charge >= 0.3 is 0 Å². The van der Waals surface area contributed by atoms with Crippen LogP contribution in [-0.2, 0) is 13.0 Å². The zero-order chi connectivity index (χ0) is 13.0. The number of hydrogen-bond acceptors (Lipinski definition) is 3. The molecule has 1 aromatic heterocycles. The monoisotopic (exact) mass is 269 g/mol. The molecule has 1 aromatic carbocycles. The number of ether oxygens (including phenoxy) is 1. The summed E-state index contributed by atoms with van der Waals surface area (Å²) < 4.78 is 20.0. The third-order valence-electron chi connectivity index (χ3n) is 2.50. The van der Waals surface area contributed by atoms with Gasteiger partial charge in [0.25, 0.3) is 0 Å². The number of aromatic nitrogens is 3. The number of rotatable bonds is 5. The van der Waals surface area contributed by atoms with Gasteiger partial charge in [-0.1, -0.05) is 11.3 Å². The Morgan fingerprint density at radius 3 is 2.94 bits per heavy atom. The van der Waals surface area contributed by atoms with Gasteiger partial charge < -0.3 is 4.74 Å². The number of alkyl halides is 1. The molecule has 0 aliphatic carbocycles. The molecule has 4 nitrogen and oxygen atoms in total. The summed E-state index contributed by atoms with van der Waals surface area (Å²) in [6.45, 7) is 0.468. The highest BCUT2D eigenvalue weighted by atomic mass is 35.5. The van der Waals surface area contributed by atoms with Crippen LogP contribution in [0.1, 0.15) is 11.3 Å². The lowest BCUT2D eigenvalue weighted by atomic mass is 10.2. The number of benzene rings is 1. The molecule has 2 aromatic rings. The normalized spacial score (nSPS) is 10.6. The van der Waals surface area contributed by atoms with Crippen molar-refractivity contribution < 1.29 is 9.13 Å². The Morgan fingerprint density at radius 1 is 1.44 bits per heavy atom. The summed E-state index contributed by atoms with van der Waals surface area (Å²) in [5.41, 5.74) is 1.63. The minimum Gasteiger partial charge on any atom is -0.494 e. The topological polar surface area (TPSA) is 39.9 Å². The molecule has 18 heavy (non-hydrogen) atoms. The fraction of sp³-hybridized carbons (Fsp3) is 0.333. The van der Waals surface area contributed by atoms with Crippen LogP contribution in [-0.4, -0.2) is 28.0 Å². The molecule has 1 heterocycles. The van der Waals surface area contributed by atoms with E-state index in [-0.39, 0.29) is 11.6 Å². The van der Waals surface area contributed by atoms with E-state index in [9.17, 15) is 4.39 Å². The van der Waals surface area contributed by atoms with E-state index in [0.29, 0.717) is 18.8 Å². The summed E-state index contributed by atoms with van der Waals surface area (Å²) in [5.74, 6) is 0.367. The first kappa shape index (κ1) is 12.8. The average Bonchev–Trinajstić information content (AvgIpc) is 2.77. The first-order chi connectivity index (χ1) is 8.72. The second-order valence-electron chi connectivity index (χ2n) is 3.82. The molecule has 0 amide bonds. The lowest BCUT2D eigenvalue weighted by Crippen LogP contribution is -2.01. The van der Waals surface area contributed by atoms with Crippen molar-refractivity contribution in [3.05, 3.63) is 41.5 Å². The molecule has 0 atom stereocenters. The lowest BCUT2D eigenvalue weighted by molar-refractivity contribution is 0.386. The molecular formula is C12H13ClFN3O. The van der Waals surface area contributed by atoms with Gasteiger partial charge in [-0.25, -0.2) is 9.07 Å². The highest BCUT2D eigenvalue weighted by Crippen LogP contribution is 2.18. The predicted molar refractivity (Wildman–Crippen MR) is 66.5 cm³/mol. The van der Waals surface area contributed by atoms with Crippen molar-refractivity contribution in [3.8, 4) is 5.75 Å². The Kier molecular flexibility index (Phi) is 4.15. The molecule has 0 saturated carbocycles. The van der Waals surface area contributed by atoms with Crippen LogP contribution >= 0.6 is 11.6 Å². The molecule has 0 spiro atoms. The molecule has 96 valence electrons. The second kappa shape index (κ2) is 5.82. The van der Waals surface area contributed by atoms with Crippen molar-refractivity contribution in [1.29, 1.82) is 0 Å². The number of methoxy groups -OCH3 is 1. The molecule has 0 bridgehead atoms. The molecule has 0 saturated heterocycles. The zero-order valence-electron chi connectivity index (χ0n) is 9.94. The van der Waals surface area contributed by atoms with Crippen molar-refractivity contribution in [2.75, 3.05) is 13.0 Å². The Morgan fingerprint density at radius 2 is 2.28 bits per heavy atom. The van der Waals surface area contributed by atoms with E-state index in [1.807, 2.05) is 6.20 Å². The number of aryl methyl sites for hydroxylation is 1. The van der Waals surface area contributed by atoms with E-state index in [0.717, 1.165) is 11.3 Å². The fourth-order valence-electron chi connectivity index (χ4n) is 1.62. The van der Waals surface area contributed by atoms with E-state index in [1.165, 1.54) is 13.2 Å². The van der Waals surface area contributed by atoms with Crippen molar-refractivity contribution in [3.63, 3.8) is 0 Å². The summed E-state index contributed by atoms with van der Waals surface area (Å²) in [6.07, 6.45) is 2.49. The average molecular weight is 270 g/mol. The van der Waals surface area contributed by atoms with Crippen LogP contribution in [0.3, 0.4) is 0 Å². The quantitative estimate of drug-likeness (QED) is 0.782. The van der Waals surface area contributed by atoms with Gasteiger partial charge in [0.15, 0.2) is 11.6 Å². The third kappa shape index (κ3) is 2.98. The highest BCUT2D eigenvalue weighted by molar-refractivity contribution is 6.17. The lowest BCUT2D eigenvalue weighted by Gasteiger charge is -2.04. The molecule has 2 rings (SSSR count). The number of nitrogens with zero attached hydrogens (tertiary/aromatic N) is 3. The first-order valence-electron chi connectivity index (χ1n) is 5.50. The van der Waals surface area contributed by atoms with E-state index in [2.05, 4.69) is 10.3 Å². The Hall–Kier alpha value is -1.62. The molecule has 0 radical (unpaired) electrons.